The molecule has 1 fully saturated rings. The highest BCUT2D eigenvalue weighted by Gasteiger charge is 2.45. The van der Waals surface area contributed by atoms with Crippen molar-refractivity contribution in [3.05, 3.63) is 12.5 Å². The number of phosphoric ester groups is 1. The number of nitrogens with two attached hydrogens (primary N) is 1. The van der Waals surface area contributed by atoms with Gasteiger partial charge in [-0.2, -0.15) is 5.10 Å². The smallest absolute Gasteiger partial charge is 0.387 e. The Morgan fingerprint density at radius 1 is 1.35 bits per heavy atom. The monoisotopic (exact) mass is 347 g/mol. The minimum absolute atomic E-state index is 0.190. The number of aliphatic hydroxyl groups is 2. The van der Waals surface area contributed by atoms with Gasteiger partial charge in [0.2, 0.25) is 0 Å². The van der Waals surface area contributed by atoms with E-state index in [4.69, 9.17) is 20.3 Å². The molecule has 4 atom stereocenters. The number of ether oxygens (including phenoxy) is 1. The zero-order valence-electron chi connectivity index (χ0n) is 11.5. The van der Waals surface area contributed by atoms with E-state index in [0.29, 0.717) is 5.39 Å². The lowest BCUT2D eigenvalue weighted by Gasteiger charge is -2.15. The summed E-state index contributed by atoms with van der Waals surface area (Å²) >= 11 is 0. The quantitative estimate of drug-likeness (QED) is 0.390. The number of rotatable bonds is 4. The van der Waals surface area contributed by atoms with E-state index in [2.05, 4.69) is 19.6 Å². The minimum atomic E-state index is -4.72. The lowest BCUT2D eigenvalue weighted by Crippen LogP contribution is -2.33. The van der Waals surface area contributed by atoms with E-state index >= 15 is 0 Å². The molecule has 0 radical (unpaired) electrons. The number of aliphatic hydroxyl groups excluding tert-OH is 2. The fourth-order valence-electron chi connectivity index (χ4n) is 2.31. The predicted molar refractivity (Wildman–Crippen MR) is 73.7 cm³/mol. The summed E-state index contributed by atoms with van der Waals surface area (Å²) in [7, 11) is -4.72. The molecule has 3 heterocycles. The summed E-state index contributed by atoms with van der Waals surface area (Å²) in [5.74, 6) is 0.190. The van der Waals surface area contributed by atoms with Gasteiger partial charge in [0.15, 0.2) is 11.9 Å². The van der Waals surface area contributed by atoms with Crippen molar-refractivity contribution in [2.24, 2.45) is 0 Å². The molecule has 0 aliphatic carbocycles. The first-order chi connectivity index (χ1) is 10.8. The molecule has 0 spiro atoms. The van der Waals surface area contributed by atoms with Gasteiger partial charge in [0.1, 0.15) is 30.5 Å². The van der Waals surface area contributed by atoms with Crippen LogP contribution >= 0.6 is 7.82 Å². The summed E-state index contributed by atoms with van der Waals surface area (Å²) in [6, 6.07) is 0. The Hall–Kier alpha value is -1.66. The predicted octanol–water partition coefficient (Wildman–Crippen LogP) is -1.86. The number of nitrogen functional groups attached to an aromatic ring is 1. The molecule has 6 N–H and O–H groups in total. The van der Waals surface area contributed by atoms with Crippen molar-refractivity contribution >= 4 is 24.7 Å². The van der Waals surface area contributed by atoms with Crippen LogP contribution in [0.5, 0.6) is 0 Å². The molecule has 3 rings (SSSR count). The van der Waals surface area contributed by atoms with Gasteiger partial charge in [-0.05, 0) is 0 Å². The number of aromatic nitrogens is 4. The van der Waals surface area contributed by atoms with Crippen molar-refractivity contribution in [2.75, 3.05) is 12.3 Å². The Morgan fingerprint density at radius 2 is 2.09 bits per heavy atom. The van der Waals surface area contributed by atoms with Crippen molar-refractivity contribution in [2.45, 2.75) is 24.5 Å². The van der Waals surface area contributed by atoms with Crippen LogP contribution in [0.1, 0.15) is 6.23 Å². The van der Waals surface area contributed by atoms with Gasteiger partial charge in [-0.25, -0.2) is 19.2 Å². The van der Waals surface area contributed by atoms with Gasteiger partial charge in [0.25, 0.3) is 0 Å². The highest BCUT2D eigenvalue weighted by atomic mass is 31.2. The van der Waals surface area contributed by atoms with E-state index < -0.39 is 39.0 Å². The van der Waals surface area contributed by atoms with Crippen LogP contribution in [0.15, 0.2) is 12.5 Å². The molecule has 0 bridgehead atoms. The van der Waals surface area contributed by atoms with Crippen molar-refractivity contribution < 1.29 is 33.8 Å². The summed E-state index contributed by atoms with van der Waals surface area (Å²) in [6.45, 7) is -0.602. The molecule has 0 aromatic carbocycles. The first kappa shape index (κ1) is 16.2. The topological polar surface area (TPSA) is 186 Å². The molecule has 2 aromatic heterocycles. The molecular weight excluding hydrogens is 333 g/mol. The average Bonchev–Trinajstić information content (AvgIpc) is 3.01. The summed E-state index contributed by atoms with van der Waals surface area (Å²) in [6.07, 6.45) is -2.51. The first-order valence-electron chi connectivity index (χ1n) is 6.43. The van der Waals surface area contributed by atoms with Gasteiger partial charge in [0, 0.05) is 0 Å². The number of anilines is 1. The second-order valence-electron chi connectivity index (χ2n) is 4.92. The molecule has 23 heavy (non-hydrogen) atoms. The van der Waals surface area contributed by atoms with Gasteiger partial charge in [-0.1, -0.05) is 0 Å². The second kappa shape index (κ2) is 5.76. The molecule has 1 aliphatic rings. The molecule has 1 saturated heterocycles. The van der Waals surface area contributed by atoms with Crippen LogP contribution in [0.3, 0.4) is 0 Å². The van der Waals surface area contributed by atoms with Crippen LogP contribution in [-0.4, -0.2) is 64.7 Å². The molecule has 4 unspecified atom stereocenters. The van der Waals surface area contributed by atoms with Gasteiger partial charge < -0.3 is 30.5 Å². The third-order valence-electron chi connectivity index (χ3n) is 3.41. The normalized spacial score (nSPS) is 28.5. The fourth-order valence-corrected chi connectivity index (χ4v) is 2.65. The van der Waals surface area contributed by atoms with E-state index in [1.807, 2.05) is 0 Å². The minimum Gasteiger partial charge on any atom is -0.387 e. The zero-order chi connectivity index (χ0) is 16.8. The maximum absolute atomic E-state index is 10.7. The van der Waals surface area contributed by atoms with Crippen molar-refractivity contribution in [1.29, 1.82) is 0 Å². The molecule has 126 valence electrons. The number of phosphoric acid groups is 1. The summed E-state index contributed by atoms with van der Waals surface area (Å²) in [4.78, 5) is 25.2. The maximum Gasteiger partial charge on any atom is 0.469 e. The van der Waals surface area contributed by atoms with E-state index in [-0.39, 0.29) is 11.5 Å². The second-order valence-corrected chi connectivity index (χ2v) is 6.16. The van der Waals surface area contributed by atoms with Crippen LogP contribution in [0.2, 0.25) is 0 Å². The largest absolute Gasteiger partial charge is 0.469 e. The molecule has 0 saturated carbocycles. The average molecular weight is 347 g/mol. The highest BCUT2D eigenvalue weighted by molar-refractivity contribution is 7.46. The number of fused-ring (bicyclic) bond motifs is 1. The van der Waals surface area contributed by atoms with E-state index in [1.165, 1.54) is 17.2 Å². The Balaban J connectivity index is 1.85. The van der Waals surface area contributed by atoms with E-state index in [9.17, 15) is 14.8 Å². The van der Waals surface area contributed by atoms with Crippen LogP contribution < -0.4 is 5.73 Å². The maximum atomic E-state index is 10.7. The van der Waals surface area contributed by atoms with Crippen molar-refractivity contribution in [3.63, 3.8) is 0 Å². The fraction of sp³-hybridized carbons (Fsp3) is 0.500. The van der Waals surface area contributed by atoms with Crippen LogP contribution in [0.4, 0.5) is 5.82 Å². The van der Waals surface area contributed by atoms with Crippen LogP contribution in [-0.2, 0) is 13.8 Å². The highest BCUT2D eigenvalue weighted by Crippen LogP contribution is 2.38. The van der Waals surface area contributed by atoms with E-state index in [1.54, 1.807) is 0 Å². The molecule has 0 amide bonds. The van der Waals surface area contributed by atoms with Crippen molar-refractivity contribution in [3.8, 4) is 0 Å². The lowest BCUT2D eigenvalue weighted by molar-refractivity contribution is -0.0559. The molecule has 13 heteroatoms. The SMILES string of the molecule is Nc1ncnc2c1cnn2C1OC(COP(=O)(O)O)C(O)C1O. The van der Waals surface area contributed by atoms with Gasteiger partial charge in [-0.3, -0.25) is 4.52 Å². The molecule has 2 aromatic rings. The number of hydrogen-bond donors (Lipinski definition) is 5. The third-order valence-corrected chi connectivity index (χ3v) is 3.89. The first-order valence-corrected chi connectivity index (χ1v) is 7.96. The van der Waals surface area contributed by atoms with Gasteiger partial charge >= 0.3 is 7.82 Å². The van der Waals surface area contributed by atoms with Crippen LogP contribution in [0.25, 0.3) is 11.0 Å². The molecular formula is C10H14N5O7P. The summed E-state index contributed by atoms with van der Waals surface area (Å²) in [5.41, 5.74) is 5.97. The van der Waals surface area contributed by atoms with E-state index in [0.717, 1.165) is 0 Å². The number of nitrogens with zero attached hydrogens (tertiary/aromatic N) is 4. The summed E-state index contributed by atoms with van der Waals surface area (Å²) < 4.78 is 21.6. The zero-order valence-corrected chi connectivity index (χ0v) is 12.4. The molecule has 1 aliphatic heterocycles. The Morgan fingerprint density at radius 3 is 2.78 bits per heavy atom. The standard InChI is InChI=1S/C10H14N5O7P/c11-8-4-1-14-15(9(4)13-3-12-8)10-7(17)6(16)5(22-10)2-21-23(18,19)20/h1,3,5-7,10,16-17H,2H2,(H2,11,12,13)(H2,18,19,20). The third kappa shape index (κ3) is 3.05. The van der Waals surface area contributed by atoms with Gasteiger partial charge in [-0.15, -0.1) is 0 Å². The molecule has 12 nitrogen and oxygen atoms in total. The lowest BCUT2D eigenvalue weighted by atomic mass is 10.1. The Kier molecular flexibility index (Phi) is 4.06. The summed E-state index contributed by atoms with van der Waals surface area (Å²) in [5, 5.41) is 24.5. The number of hydrogen-bond acceptors (Lipinski definition) is 9. The van der Waals surface area contributed by atoms with Crippen LogP contribution in [0, 0.1) is 0 Å². The Bertz CT molecular complexity index is 763. The van der Waals surface area contributed by atoms with Gasteiger partial charge in [0.05, 0.1) is 18.2 Å². The van der Waals surface area contributed by atoms with Crippen molar-refractivity contribution in [1.82, 2.24) is 19.7 Å². The Labute approximate surface area is 128 Å².